The number of hydrogen-bond acceptors (Lipinski definition) is 6. The Kier molecular flexibility index (Phi) is 15.9. The highest BCUT2D eigenvalue weighted by Gasteiger charge is 2.82. The Labute approximate surface area is 234 Å². The fourth-order valence-corrected chi connectivity index (χ4v) is 2.86. The Morgan fingerprint density at radius 3 is 0.864 bits per heavy atom. The predicted octanol–water partition coefficient (Wildman–Crippen LogP) is 5.21. The average molecular weight is 746 g/mol. The molecule has 44 heavy (non-hydrogen) atoms. The van der Waals surface area contributed by atoms with Crippen molar-refractivity contribution >= 4 is 20.2 Å². The van der Waals surface area contributed by atoms with Gasteiger partial charge in [-0.3, -0.25) is 9.11 Å². The summed E-state index contributed by atoms with van der Waals surface area (Å²) in [5, 5.41) is 16.5. The molecule has 270 valence electrons. The lowest BCUT2D eigenvalue weighted by Gasteiger charge is -2.33. The number of halogens is 18. The number of alkyl halides is 18. The molecular formula is C16H20F18O8S2. The Balaban J connectivity index is -0.000000644. The van der Waals surface area contributed by atoms with Crippen LogP contribution in [0.1, 0.15) is 26.2 Å². The van der Waals surface area contributed by atoms with Crippen LogP contribution >= 0.6 is 0 Å². The first kappa shape index (κ1) is 46.9. The monoisotopic (exact) mass is 746 g/mol. The van der Waals surface area contributed by atoms with Crippen molar-refractivity contribution in [2.75, 3.05) is 18.1 Å². The lowest BCUT2D eigenvalue weighted by Crippen LogP contribution is -2.61. The molecule has 0 heterocycles. The van der Waals surface area contributed by atoms with Crippen molar-refractivity contribution in [2.45, 2.75) is 80.2 Å². The second kappa shape index (κ2) is 14.9. The van der Waals surface area contributed by atoms with Gasteiger partial charge in [0.05, 0.1) is 17.6 Å². The van der Waals surface area contributed by atoms with Crippen molar-refractivity contribution in [3.05, 3.63) is 0 Å². The van der Waals surface area contributed by atoms with Gasteiger partial charge in [-0.15, -0.1) is 0 Å². The molecule has 0 aromatic rings. The highest BCUT2D eigenvalue weighted by Crippen LogP contribution is 2.55. The van der Waals surface area contributed by atoms with Crippen LogP contribution in [0.2, 0.25) is 0 Å². The third-order valence-corrected chi connectivity index (χ3v) is 5.75. The van der Waals surface area contributed by atoms with Crippen molar-refractivity contribution in [1.82, 2.24) is 0 Å². The van der Waals surface area contributed by atoms with E-state index in [2.05, 4.69) is 0 Å². The zero-order valence-electron chi connectivity index (χ0n) is 20.9. The fraction of sp³-hybridized carbons (Fsp3) is 1.00. The van der Waals surface area contributed by atoms with Crippen LogP contribution in [0.25, 0.3) is 0 Å². The summed E-state index contributed by atoms with van der Waals surface area (Å²) >= 11 is 0. The van der Waals surface area contributed by atoms with Crippen LogP contribution in [0.15, 0.2) is 0 Å². The van der Waals surface area contributed by atoms with Gasteiger partial charge in [-0.25, -0.2) is 0 Å². The fourth-order valence-electron chi connectivity index (χ4n) is 1.83. The Morgan fingerprint density at radius 2 is 0.750 bits per heavy atom. The molecule has 0 aliphatic carbocycles. The largest absolute Gasteiger partial charge is 0.460 e. The number of hydrogen-bond donors (Lipinski definition) is 4. The summed E-state index contributed by atoms with van der Waals surface area (Å²) in [6.45, 7) is 1.73. The van der Waals surface area contributed by atoms with E-state index in [1.165, 1.54) is 0 Å². The Hall–Kier alpha value is -1.52. The molecule has 0 fully saturated rings. The first-order valence-electron chi connectivity index (χ1n) is 10.3. The third-order valence-electron chi connectivity index (χ3n) is 4.31. The second-order valence-corrected chi connectivity index (χ2v) is 11.3. The van der Waals surface area contributed by atoms with Crippen molar-refractivity contribution in [3.63, 3.8) is 0 Å². The average Bonchev–Trinajstić information content (AvgIpc) is 2.74. The highest BCUT2D eigenvalue weighted by atomic mass is 32.2. The first-order chi connectivity index (χ1) is 18.7. The van der Waals surface area contributed by atoms with Gasteiger partial charge in [0.1, 0.15) is 0 Å². The molecule has 0 aliphatic rings. The smallest absolute Gasteiger partial charge is 0.396 e. The van der Waals surface area contributed by atoms with Crippen molar-refractivity contribution < 1.29 is 115 Å². The van der Waals surface area contributed by atoms with E-state index in [1.54, 1.807) is 6.92 Å². The zero-order chi connectivity index (χ0) is 36.8. The van der Waals surface area contributed by atoms with Crippen LogP contribution in [-0.4, -0.2) is 108 Å². The molecular weight excluding hydrogens is 726 g/mol. The summed E-state index contributed by atoms with van der Waals surface area (Å²) in [6.07, 6.45) is -19.0. The minimum Gasteiger partial charge on any atom is -0.396 e. The van der Waals surface area contributed by atoms with Gasteiger partial charge in [-0.2, -0.15) is 95.9 Å². The molecule has 4 N–H and O–H groups in total. The lowest BCUT2D eigenvalue weighted by molar-refractivity contribution is -0.396. The van der Waals surface area contributed by atoms with Crippen LogP contribution < -0.4 is 0 Å². The third kappa shape index (κ3) is 13.1. The molecule has 0 rings (SSSR count). The van der Waals surface area contributed by atoms with Gasteiger partial charge < -0.3 is 10.2 Å². The van der Waals surface area contributed by atoms with Gasteiger partial charge in [0, 0.05) is 19.4 Å². The molecule has 8 nitrogen and oxygen atoms in total. The molecule has 0 bridgehead atoms. The van der Waals surface area contributed by atoms with E-state index in [0.717, 1.165) is 0 Å². The van der Waals surface area contributed by atoms with E-state index < -0.39 is 92.5 Å². The maximum absolute atomic E-state index is 12.7. The van der Waals surface area contributed by atoms with E-state index in [1.807, 2.05) is 0 Å². The predicted molar refractivity (Wildman–Crippen MR) is 107 cm³/mol. The Bertz CT molecular complexity index is 1020. The molecule has 0 aliphatic heterocycles. The number of rotatable bonds is 12. The van der Waals surface area contributed by atoms with Gasteiger partial charge in [0.25, 0.3) is 20.2 Å². The maximum atomic E-state index is 12.7. The zero-order valence-corrected chi connectivity index (χ0v) is 22.5. The molecule has 28 heteroatoms. The van der Waals surface area contributed by atoms with Crippen LogP contribution in [0.5, 0.6) is 0 Å². The standard InChI is InChI=1S/2C6H5F9O3S.C4H10O2/c2*7-3(8,1-2-19(16,17)18)4(9,10)5(11,12)6(13,14)15;1-4(6)2-3-5/h2*1-2H2,(H,16,17,18);4-6H,2-3H2,1H3. The molecule has 0 saturated carbocycles. The summed E-state index contributed by atoms with van der Waals surface area (Å²) in [5.74, 6) is -44.1. The summed E-state index contributed by atoms with van der Waals surface area (Å²) in [4.78, 5) is 0. The summed E-state index contributed by atoms with van der Waals surface area (Å²) in [7, 11) is -10.5. The second-order valence-electron chi connectivity index (χ2n) is 8.14. The van der Waals surface area contributed by atoms with Gasteiger partial charge >= 0.3 is 47.9 Å². The summed E-state index contributed by atoms with van der Waals surface area (Å²) < 4.78 is 276. The molecule has 0 aromatic heterocycles. The van der Waals surface area contributed by atoms with Gasteiger partial charge in [0.15, 0.2) is 0 Å². The van der Waals surface area contributed by atoms with E-state index in [4.69, 9.17) is 19.3 Å². The minimum absolute atomic E-state index is 0.0810. The summed E-state index contributed by atoms with van der Waals surface area (Å²) in [5.41, 5.74) is 0. The number of aliphatic hydroxyl groups is 2. The summed E-state index contributed by atoms with van der Waals surface area (Å²) in [6, 6.07) is 0. The molecule has 0 aromatic carbocycles. The SMILES string of the molecule is CC(O)CCO.O=S(=O)(O)CCC(F)(F)C(F)(F)C(F)(F)C(F)(F)F.O=S(=O)(O)CCC(F)(F)C(F)(F)C(F)(F)C(F)(F)F. The molecule has 0 saturated heterocycles. The van der Waals surface area contributed by atoms with Crippen LogP contribution in [0.3, 0.4) is 0 Å². The lowest BCUT2D eigenvalue weighted by atomic mass is 10.0. The van der Waals surface area contributed by atoms with E-state index in [-0.39, 0.29) is 12.7 Å². The van der Waals surface area contributed by atoms with Gasteiger partial charge in [-0.05, 0) is 13.3 Å². The Morgan fingerprint density at radius 1 is 0.523 bits per heavy atom. The topological polar surface area (TPSA) is 149 Å². The van der Waals surface area contributed by atoms with E-state index in [9.17, 15) is 95.9 Å². The molecule has 0 amide bonds. The van der Waals surface area contributed by atoms with E-state index >= 15 is 0 Å². The first-order valence-corrected chi connectivity index (χ1v) is 13.5. The normalized spacial score (nSPS) is 15.5. The quantitative estimate of drug-likeness (QED) is 0.157. The van der Waals surface area contributed by atoms with Crippen LogP contribution in [-0.2, 0) is 20.2 Å². The molecule has 1 atom stereocenters. The van der Waals surface area contributed by atoms with Crippen molar-refractivity contribution in [3.8, 4) is 0 Å². The van der Waals surface area contributed by atoms with Crippen molar-refractivity contribution in [2.24, 2.45) is 0 Å². The molecule has 0 spiro atoms. The molecule has 0 radical (unpaired) electrons. The minimum atomic E-state index is -7.07. The number of aliphatic hydroxyl groups excluding tert-OH is 2. The highest BCUT2D eigenvalue weighted by molar-refractivity contribution is 7.86. The maximum Gasteiger partial charge on any atom is 0.460 e. The molecule has 1 unspecified atom stereocenters. The van der Waals surface area contributed by atoms with Crippen molar-refractivity contribution in [1.29, 1.82) is 0 Å². The van der Waals surface area contributed by atoms with Gasteiger partial charge in [0.2, 0.25) is 0 Å². The van der Waals surface area contributed by atoms with E-state index in [0.29, 0.717) is 6.42 Å². The van der Waals surface area contributed by atoms with Crippen LogP contribution in [0, 0.1) is 0 Å². The van der Waals surface area contributed by atoms with Crippen LogP contribution in [0.4, 0.5) is 79.0 Å². The van der Waals surface area contributed by atoms with Gasteiger partial charge in [-0.1, -0.05) is 0 Å².